The maximum atomic E-state index is 13.1. The summed E-state index contributed by atoms with van der Waals surface area (Å²) in [5.74, 6) is 0.458. The molecule has 3 aliphatic rings. The fourth-order valence-corrected chi connectivity index (χ4v) is 6.58. The Labute approximate surface area is 257 Å². The SMILES string of the molecule is CCOC(=O)c1cc(N2CCC(N3CCOCC3)CC2)c2c(C3CCC3)nn(-c3ccnc(OCc4ccccc4)c3)c2n1. The van der Waals surface area contributed by atoms with Crippen LogP contribution in [0.25, 0.3) is 16.7 Å². The van der Waals surface area contributed by atoms with Gasteiger partial charge in [-0.15, -0.1) is 0 Å². The Kier molecular flexibility index (Phi) is 8.43. The molecule has 2 aliphatic heterocycles. The summed E-state index contributed by atoms with van der Waals surface area (Å²) < 4.78 is 19.0. The van der Waals surface area contributed by atoms with Crippen molar-refractivity contribution in [3.05, 3.63) is 71.7 Å². The fourth-order valence-electron chi connectivity index (χ4n) is 6.58. The molecule has 0 unspecified atom stereocenters. The number of anilines is 1. The standard InChI is InChI=1S/C34H40N6O4/c1-2-43-34(41)28-22-29(39-15-12-26(13-16-39)38-17-19-42-20-18-38)31-32(25-9-6-10-25)37-40(33(31)36-28)27-11-14-35-30(21-27)44-23-24-7-4-3-5-8-24/h3-5,7-8,11,14,21-22,25-26H,2,6,9-10,12-13,15-20,23H2,1H3. The zero-order valence-corrected chi connectivity index (χ0v) is 25.4. The number of benzene rings is 1. The molecular weight excluding hydrogens is 556 g/mol. The largest absolute Gasteiger partial charge is 0.473 e. The van der Waals surface area contributed by atoms with Crippen molar-refractivity contribution in [3.63, 3.8) is 0 Å². The molecule has 7 rings (SSSR count). The lowest BCUT2D eigenvalue weighted by Crippen LogP contribution is -2.49. The summed E-state index contributed by atoms with van der Waals surface area (Å²) in [5.41, 5.74) is 4.93. The summed E-state index contributed by atoms with van der Waals surface area (Å²) in [7, 11) is 0. The molecule has 0 N–H and O–H groups in total. The molecule has 10 heteroatoms. The van der Waals surface area contributed by atoms with E-state index in [4.69, 9.17) is 24.3 Å². The van der Waals surface area contributed by atoms with E-state index in [0.29, 0.717) is 35.8 Å². The van der Waals surface area contributed by atoms with Crippen LogP contribution >= 0.6 is 0 Å². The lowest BCUT2D eigenvalue weighted by Gasteiger charge is -2.41. The van der Waals surface area contributed by atoms with Crippen molar-refractivity contribution >= 4 is 22.7 Å². The Balaban J connectivity index is 1.26. The summed E-state index contributed by atoms with van der Waals surface area (Å²) in [4.78, 5) is 27.5. The Morgan fingerprint density at radius 3 is 2.52 bits per heavy atom. The molecule has 0 atom stereocenters. The predicted octanol–water partition coefficient (Wildman–Crippen LogP) is 5.14. The number of fused-ring (bicyclic) bond motifs is 1. The maximum absolute atomic E-state index is 13.1. The summed E-state index contributed by atoms with van der Waals surface area (Å²) in [6, 6.07) is 16.3. The maximum Gasteiger partial charge on any atom is 0.357 e. The third-order valence-corrected chi connectivity index (χ3v) is 9.18. The van der Waals surface area contributed by atoms with Crippen LogP contribution in [0, 0.1) is 0 Å². The van der Waals surface area contributed by atoms with Gasteiger partial charge in [-0.1, -0.05) is 36.8 Å². The van der Waals surface area contributed by atoms with E-state index in [2.05, 4.69) is 14.8 Å². The Bertz CT molecular complexity index is 1590. The number of nitrogens with zero attached hydrogens (tertiary/aromatic N) is 6. The van der Waals surface area contributed by atoms with Crippen molar-refractivity contribution in [1.82, 2.24) is 24.6 Å². The van der Waals surface area contributed by atoms with Crippen LogP contribution in [0.4, 0.5) is 5.69 Å². The topological polar surface area (TPSA) is 94.8 Å². The van der Waals surface area contributed by atoms with Gasteiger partial charge in [0.1, 0.15) is 6.61 Å². The van der Waals surface area contributed by atoms with E-state index in [1.54, 1.807) is 6.20 Å². The Hall–Kier alpha value is -4.02. The predicted molar refractivity (Wildman–Crippen MR) is 168 cm³/mol. The molecule has 10 nitrogen and oxygen atoms in total. The van der Waals surface area contributed by atoms with Crippen LogP contribution in [0.15, 0.2) is 54.7 Å². The highest BCUT2D eigenvalue weighted by atomic mass is 16.5. The van der Waals surface area contributed by atoms with Gasteiger partial charge in [-0.3, -0.25) is 4.90 Å². The highest BCUT2D eigenvalue weighted by Crippen LogP contribution is 2.43. The molecule has 5 heterocycles. The number of esters is 1. The van der Waals surface area contributed by atoms with E-state index in [0.717, 1.165) is 93.1 Å². The van der Waals surface area contributed by atoms with Gasteiger partial charge >= 0.3 is 5.97 Å². The first-order valence-electron chi connectivity index (χ1n) is 16.0. The highest BCUT2D eigenvalue weighted by molar-refractivity contribution is 5.99. The molecule has 4 aromatic rings. The number of carbonyl (C=O) groups excluding carboxylic acids is 1. The van der Waals surface area contributed by atoms with Gasteiger partial charge < -0.3 is 19.1 Å². The number of hydrogen-bond acceptors (Lipinski definition) is 9. The Morgan fingerprint density at radius 1 is 1.00 bits per heavy atom. The average Bonchev–Trinajstić information content (AvgIpc) is 3.43. The zero-order valence-electron chi connectivity index (χ0n) is 25.4. The highest BCUT2D eigenvalue weighted by Gasteiger charge is 2.33. The van der Waals surface area contributed by atoms with Crippen LogP contribution in [0.5, 0.6) is 5.88 Å². The molecule has 0 amide bonds. The molecule has 0 radical (unpaired) electrons. The van der Waals surface area contributed by atoms with Crippen molar-refractivity contribution in [2.75, 3.05) is 50.9 Å². The second-order valence-electron chi connectivity index (χ2n) is 11.9. The molecule has 3 aromatic heterocycles. The third kappa shape index (κ3) is 5.88. The average molecular weight is 597 g/mol. The number of piperidine rings is 1. The number of ether oxygens (including phenoxy) is 3. The van der Waals surface area contributed by atoms with Crippen molar-refractivity contribution in [2.45, 2.75) is 57.6 Å². The third-order valence-electron chi connectivity index (χ3n) is 9.18. The van der Waals surface area contributed by atoms with Crippen molar-refractivity contribution in [3.8, 4) is 11.6 Å². The van der Waals surface area contributed by atoms with Crippen LogP contribution in [0.1, 0.15) is 66.7 Å². The lowest BCUT2D eigenvalue weighted by molar-refractivity contribution is 0.0115. The van der Waals surface area contributed by atoms with Crippen molar-refractivity contribution in [2.24, 2.45) is 0 Å². The van der Waals surface area contributed by atoms with Gasteiger partial charge in [-0.25, -0.2) is 19.4 Å². The molecule has 230 valence electrons. The van der Waals surface area contributed by atoms with E-state index in [1.165, 1.54) is 6.42 Å². The first kappa shape index (κ1) is 28.7. The number of carbonyl (C=O) groups is 1. The number of morpholine rings is 1. The van der Waals surface area contributed by atoms with E-state index < -0.39 is 5.97 Å². The minimum absolute atomic E-state index is 0.290. The van der Waals surface area contributed by atoms with E-state index in [-0.39, 0.29) is 6.61 Å². The zero-order chi connectivity index (χ0) is 29.9. The monoisotopic (exact) mass is 596 g/mol. The normalized spacial score (nSPS) is 18.3. The van der Waals surface area contributed by atoms with Gasteiger partial charge in [0.2, 0.25) is 5.88 Å². The van der Waals surface area contributed by atoms with Crippen LogP contribution in [-0.2, 0) is 16.1 Å². The fraction of sp³-hybridized carbons (Fsp3) is 0.471. The van der Waals surface area contributed by atoms with Gasteiger partial charge in [0, 0.05) is 50.4 Å². The molecule has 1 saturated carbocycles. The quantitative estimate of drug-likeness (QED) is 0.244. The van der Waals surface area contributed by atoms with Crippen LogP contribution in [0.3, 0.4) is 0 Å². The van der Waals surface area contributed by atoms with Gasteiger partial charge in [-0.05, 0) is 50.3 Å². The molecule has 2 saturated heterocycles. The molecule has 3 fully saturated rings. The first-order valence-corrected chi connectivity index (χ1v) is 16.0. The Morgan fingerprint density at radius 2 is 1.80 bits per heavy atom. The molecule has 44 heavy (non-hydrogen) atoms. The van der Waals surface area contributed by atoms with Gasteiger partial charge in [0.25, 0.3) is 0 Å². The molecular formula is C34H40N6O4. The van der Waals surface area contributed by atoms with Gasteiger partial charge in [-0.2, -0.15) is 5.10 Å². The van der Waals surface area contributed by atoms with Crippen LogP contribution < -0.4 is 9.64 Å². The first-order chi connectivity index (χ1) is 21.7. The van der Waals surface area contributed by atoms with Crippen molar-refractivity contribution in [1.29, 1.82) is 0 Å². The molecule has 0 bridgehead atoms. The number of hydrogen-bond donors (Lipinski definition) is 0. The van der Waals surface area contributed by atoms with E-state index >= 15 is 0 Å². The second kappa shape index (κ2) is 12.9. The summed E-state index contributed by atoms with van der Waals surface area (Å²) in [5, 5.41) is 6.24. The van der Waals surface area contributed by atoms with Crippen molar-refractivity contribution < 1.29 is 19.0 Å². The molecule has 1 aromatic carbocycles. The number of pyridine rings is 2. The molecule has 1 aliphatic carbocycles. The van der Waals surface area contributed by atoms with E-state index in [1.807, 2.05) is 60.1 Å². The minimum Gasteiger partial charge on any atom is -0.473 e. The number of rotatable bonds is 9. The summed E-state index contributed by atoms with van der Waals surface area (Å²) in [6.45, 7) is 7.96. The van der Waals surface area contributed by atoms with Gasteiger partial charge in [0.15, 0.2) is 11.3 Å². The molecule has 0 spiro atoms. The summed E-state index contributed by atoms with van der Waals surface area (Å²) >= 11 is 0. The second-order valence-corrected chi connectivity index (χ2v) is 11.9. The van der Waals surface area contributed by atoms with Gasteiger partial charge in [0.05, 0.1) is 42.3 Å². The van der Waals surface area contributed by atoms with Crippen LogP contribution in [-0.4, -0.2) is 82.7 Å². The van der Waals surface area contributed by atoms with Crippen LogP contribution in [0.2, 0.25) is 0 Å². The van der Waals surface area contributed by atoms with E-state index in [9.17, 15) is 4.79 Å². The summed E-state index contributed by atoms with van der Waals surface area (Å²) in [6.07, 6.45) is 7.27. The minimum atomic E-state index is -0.418. The smallest absolute Gasteiger partial charge is 0.357 e. The number of aromatic nitrogens is 4. The lowest BCUT2D eigenvalue weighted by atomic mass is 9.82.